The molecule has 0 spiro atoms. The quantitative estimate of drug-likeness (QED) is 0.750. The van der Waals surface area contributed by atoms with Gasteiger partial charge in [0, 0.05) is 18.0 Å². The lowest BCUT2D eigenvalue weighted by molar-refractivity contribution is 0.340. The number of aromatic nitrogens is 4. The van der Waals surface area contributed by atoms with Gasteiger partial charge in [-0.15, -0.1) is 0 Å². The van der Waals surface area contributed by atoms with Crippen molar-refractivity contribution in [3.63, 3.8) is 0 Å². The fraction of sp³-hybridized carbons (Fsp3) is 0.133. The molecule has 0 atom stereocenters. The molecular formula is C15H14N4OS. The van der Waals surface area contributed by atoms with Gasteiger partial charge in [-0.3, -0.25) is 14.6 Å². The third kappa shape index (κ3) is 2.71. The summed E-state index contributed by atoms with van der Waals surface area (Å²) in [6.07, 6.45) is 3.46. The van der Waals surface area contributed by atoms with E-state index in [9.17, 15) is 0 Å². The Hall–Kier alpha value is -2.47. The predicted octanol–water partition coefficient (Wildman–Crippen LogP) is 3.39. The van der Waals surface area contributed by atoms with Crippen molar-refractivity contribution < 1.29 is 4.74 Å². The Bertz CT molecular complexity index is 777. The average Bonchev–Trinajstić information content (AvgIpc) is 2.91. The second kappa shape index (κ2) is 5.88. The third-order valence-corrected chi connectivity index (χ3v) is 3.29. The lowest BCUT2D eigenvalue weighted by Crippen LogP contribution is -1.98. The molecule has 5 nitrogen and oxygen atoms in total. The van der Waals surface area contributed by atoms with Crippen molar-refractivity contribution in [3.8, 4) is 22.8 Å². The van der Waals surface area contributed by atoms with Crippen LogP contribution in [0.15, 0.2) is 48.8 Å². The number of pyridine rings is 1. The van der Waals surface area contributed by atoms with Gasteiger partial charge in [0.2, 0.25) is 0 Å². The maximum Gasteiger partial charge on any atom is 0.200 e. The van der Waals surface area contributed by atoms with E-state index in [1.54, 1.807) is 12.4 Å². The summed E-state index contributed by atoms with van der Waals surface area (Å²) in [7, 11) is 0. The average molecular weight is 298 g/mol. The molecule has 0 bridgehead atoms. The van der Waals surface area contributed by atoms with Crippen molar-refractivity contribution in [2.75, 3.05) is 6.61 Å². The Morgan fingerprint density at radius 2 is 1.86 bits per heavy atom. The highest BCUT2D eigenvalue weighted by atomic mass is 32.1. The minimum Gasteiger partial charge on any atom is -0.494 e. The van der Waals surface area contributed by atoms with Gasteiger partial charge in [0.25, 0.3) is 0 Å². The first-order valence-corrected chi connectivity index (χ1v) is 7.01. The Balaban J connectivity index is 2.06. The number of nitrogens with one attached hydrogen (secondary N) is 1. The summed E-state index contributed by atoms with van der Waals surface area (Å²) < 4.78 is 7.89. The first kappa shape index (κ1) is 13.5. The van der Waals surface area contributed by atoms with Crippen molar-refractivity contribution in [3.05, 3.63) is 53.6 Å². The minimum absolute atomic E-state index is 0.547. The zero-order chi connectivity index (χ0) is 14.7. The number of nitrogens with zero attached hydrogens (tertiary/aromatic N) is 3. The van der Waals surface area contributed by atoms with Crippen LogP contribution in [0, 0.1) is 4.77 Å². The van der Waals surface area contributed by atoms with E-state index in [-0.39, 0.29) is 0 Å². The highest BCUT2D eigenvalue weighted by molar-refractivity contribution is 7.71. The molecule has 1 aromatic carbocycles. The van der Waals surface area contributed by atoms with Crippen molar-refractivity contribution >= 4 is 12.2 Å². The first-order chi connectivity index (χ1) is 10.3. The summed E-state index contributed by atoms with van der Waals surface area (Å²) in [6.45, 7) is 2.61. The van der Waals surface area contributed by atoms with E-state index in [1.165, 1.54) is 0 Å². The molecule has 21 heavy (non-hydrogen) atoms. The van der Waals surface area contributed by atoms with E-state index in [4.69, 9.17) is 17.0 Å². The summed E-state index contributed by atoms with van der Waals surface area (Å²) in [5.41, 5.74) is 1.88. The van der Waals surface area contributed by atoms with Gasteiger partial charge in [-0.1, -0.05) is 0 Å². The first-order valence-electron chi connectivity index (χ1n) is 6.60. The van der Waals surface area contributed by atoms with Crippen LogP contribution in [0.4, 0.5) is 0 Å². The van der Waals surface area contributed by atoms with Crippen molar-refractivity contribution in [1.29, 1.82) is 0 Å². The largest absolute Gasteiger partial charge is 0.494 e. The smallest absolute Gasteiger partial charge is 0.200 e. The Morgan fingerprint density at radius 3 is 2.52 bits per heavy atom. The van der Waals surface area contributed by atoms with Gasteiger partial charge in [0.15, 0.2) is 10.6 Å². The molecule has 0 aliphatic rings. The summed E-state index contributed by atoms with van der Waals surface area (Å²) in [6, 6.07) is 11.6. The number of H-pyrrole nitrogens is 1. The van der Waals surface area contributed by atoms with Crippen LogP contribution in [0.5, 0.6) is 5.75 Å². The lowest BCUT2D eigenvalue weighted by atomic mass is 10.2. The van der Waals surface area contributed by atoms with Gasteiger partial charge < -0.3 is 4.74 Å². The highest BCUT2D eigenvalue weighted by Crippen LogP contribution is 2.22. The van der Waals surface area contributed by atoms with Gasteiger partial charge in [-0.05, 0) is 55.5 Å². The standard InChI is InChI=1S/C15H14N4OS/c1-2-20-13-5-3-12(4-6-13)19-14(17-18-15(19)21)11-7-9-16-10-8-11/h3-10H,2H2,1H3,(H,18,21). The molecule has 0 fully saturated rings. The minimum atomic E-state index is 0.547. The van der Waals surface area contributed by atoms with Crippen LogP contribution >= 0.6 is 12.2 Å². The van der Waals surface area contributed by atoms with E-state index < -0.39 is 0 Å². The monoisotopic (exact) mass is 298 g/mol. The molecule has 0 saturated carbocycles. The fourth-order valence-electron chi connectivity index (χ4n) is 2.09. The van der Waals surface area contributed by atoms with E-state index in [2.05, 4.69) is 15.2 Å². The van der Waals surface area contributed by atoms with Gasteiger partial charge >= 0.3 is 0 Å². The molecule has 6 heteroatoms. The number of hydrogen-bond donors (Lipinski definition) is 1. The molecule has 1 N–H and O–H groups in total. The molecule has 3 rings (SSSR count). The van der Waals surface area contributed by atoms with E-state index >= 15 is 0 Å². The van der Waals surface area contributed by atoms with Crippen LogP contribution in [-0.2, 0) is 0 Å². The zero-order valence-electron chi connectivity index (χ0n) is 11.5. The predicted molar refractivity (Wildman–Crippen MR) is 83.1 cm³/mol. The Morgan fingerprint density at radius 1 is 1.14 bits per heavy atom. The zero-order valence-corrected chi connectivity index (χ0v) is 12.3. The fourth-order valence-corrected chi connectivity index (χ4v) is 2.33. The van der Waals surface area contributed by atoms with Crippen LogP contribution in [0.1, 0.15) is 6.92 Å². The molecule has 0 aliphatic heterocycles. The van der Waals surface area contributed by atoms with E-state index in [0.29, 0.717) is 11.4 Å². The van der Waals surface area contributed by atoms with Gasteiger partial charge in [-0.2, -0.15) is 5.10 Å². The Labute approximate surface area is 127 Å². The normalized spacial score (nSPS) is 10.5. The number of ether oxygens (including phenoxy) is 1. The number of aromatic amines is 1. The molecule has 0 unspecified atom stereocenters. The number of hydrogen-bond acceptors (Lipinski definition) is 4. The third-order valence-electron chi connectivity index (χ3n) is 3.02. The topological polar surface area (TPSA) is 55.7 Å². The molecule has 2 heterocycles. The Kier molecular flexibility index (Phi) is 3.79. The van der Waals surface area contributed by atoms with Crippen molar-refractivity contribution in [2.45, 2.75) is 6.92 Å². The van der Waals surface area contributed by atoms with Crippen LogP contribution in [-0.4, -0.2) is 26.4 Å². The van der Waals surface area contributed by atoms with Crippen molar-refractivity contribution in [2.24, 2.45) is 0 Å². The maximum absolute atomic E-state index is 5.46. The molecule has 2 aromatic heterocycles. The van der Waals surface area contributed by atoms with Crippen LogP contribution in [0.2, 0.25) is 0 Å². The number of rotatable bonds is 4. The summed E-state index contributed by atoms with van der Waals surface area (Å²) in [4.78, 5) is 4.02. The summed E-state index contributed by atoms with van der Waals surface area (Å²) >= 11 is 5.34. The molecule has 0 saturated heterocycles. The molecule has 0 aliphatic carbocycles. The SMILES string of the molecule is CCOc1ccc(-n2c(-c3ccncc3)n[nH]c2=S)cc1. The van der Waals surface area contributed by atoms with Crippen LogP contribution in [0.3, 0.4) is 0 Å². The summed E-state index contributed by atoms with van der Waals surface area (Å²) in [5.74, 6) is 1.59. The van der Waals surface area contributed by atoms with Gasteiger partial charge in [0.05, 0.1) is 12.3 Å². The second-order valence-electron chi connectivity index (χ2n) is 4.35. The summed E-state index contributed by atoms with van der Waals surface area (Å²) in [5, 5.41) is 7.15. The maximum atomic E-state index is 5.46. The van der Waals surface area contributed by atoms with Crippen LogP contribution < -0.4 is 4.74 Å². The van der Waals surface area contributed by atoms with Crippen LogP contribution in [0.25, 0.3) is 17.1 Å². The second-order valence-corrected chi connectivity index (χ2v) is 4.74. The molecule has 106 valence electrons. The highest BCUT2D eigenvalue weighted by Gasteiger charge is 2.10. The van der Waals surface area contributed by atoms with Gasteiger partial charge in [0.1, 0.15) is 5.75 Å². The molecule has 0 radical (unpaired) electrons. The molecule has 3 aromatic rings. The van der Waals surface area contributed by atoms with Gasteiger partial charge in [-0.25, -0.2) is 0 Å². The van der Waals surface area contributed by atoms with E-state index in [0.717, 1.165) is 22.8 Å². The molecular weight excluding hydrogens is 284 g/mol. The number of benzene rings is 1. The van der Waals surface area contributed by atoms with E-state index in [1.807, 2.05) is 47.9 Å². The van der Waals surface area contributed by atoms with Crippen molar-refractivity contribution in [1.82, 2.24) is 19.7 Å². The lowest BCUT2D eigenvalue weighted by Gasteiger charge is -2.08. The molecule has 0 amide bonds.